The number of hydrogen-bond donors (Lipinski definition) is 0. The molecule has 0 saturated heterocycles. The van der Waals surface area contributed by atoms with Gasteiger partial charge in [-0.2, -0.15) is 0 Å². The standard InChI is InChI=1S/C11H14INO/c1-2-13(11(14)8-12)9-10-6-4-3-5-7-10/h3-7H,2,8-9H2,1H3. The molecule has 0 aliphatic heterocycles. The van der Waals surface area contributed by atoms with Gasteiger partial charge in [-0.25, -0.2) is 0 Å². The Morgan fingerprint density at radius 1 is 1.36 bits per heavy atom. The van der Waals surface area contributed by atoms with Crippen molar-refractivity contribution in [3.63, 3.8) is 0 Å². The van der Waals surface area contributed by atoms with Gasteiger partial charge in [0, 0.05) is 13.1 Å². The minimum absolute atomic E-state index is 0.206. The summed E-state index contributed by atoms with van der Waals surface area (Å²) in [5.74, 6) is 0.206. The van der Waals surface area contributed by atoms with Crippen LogP contribution in [0.25, 0.3) is 0 Å². The van der Waals surface area contributed by atoms with Gasteiger partial charge < -0.3 is 4.90 Å². The summed E-state index contributed by atoms with van der Waals surface area (Å²) in [6.07, 6.45) is 0. The average Bonchev–Trinajstić information content (AvgIpc) is 2.26. The Labute approximate surface area is 98.4 Å². The molecule has 1 aromatic rings. The highest BCUT2D eigenvalue weighted by Crippen LogP contribution is 2.05. The molecule has 0 fully saturated rings. The lowest BCUT2D eigenvalue weighted by atomic mass is 10.2. The lowest BCUT2D eigenvalue weighted by molar-refractivity contribution is -0.128. The molecule has 0 aromatic heterocycles. The molecular formula is C11H14INO. The molecule has 0 saturated carbocycles. The molecule has 2 nitrogen and oxygen atoms in total. The molecule has 76 valence electrons. The molecule has 0 aliphatic carbocycles. The molecule has 3 heteroatoms. The van der Waals surface area contributed by atoms with Crippen LogP contribution in [0.15, 0.2) is 30.3 Å². The number of halogens is 1. The quantitative estimate of drug-likeness (QED) is 0.618. The van der Waals surface area contributed by atoms with Crippen molar-refractivity contribution < 1.29 is 4.79 Å². The monoisotopic (exact) mass is 303 g/mol. The van der Waals surface area contributed by atoms with Crippen molar-refractivity contribution in [1.29, 1.82) is 0 Å². The minimum Gasteiger partial charge on any atom is -0.338 e. The van der Waals surface area contributed by atoms with Crippen molar-refractivity contribution in [2.75, 3.05) is 11.0 Å². The molecule has 14 heavy (non-hydrogen) atoms. The van der Waals surface area contributed by atoms with E-state index in [2.05, 4.69) is 22.6 Å². The Hall–Kier alpha value is -0.580. The lowest BCUT2D eigenvalue weighted by Crippen LogP contribution is -2.30. The molecule has 0 N–H and O–H groups in total. The zero-order valence-electron chi connectivity index (χ0n) is 8.24. The topological polar surface area (TPSA) is 20.3 Å². The van der Waals surface area contributed by atoms with Crippen molar-refractivity contribution in [2.45, 2.75) is 13.5 Å². The lowest BCUT2D eigenvalue weighted by Gasteiger charge is -2.19. The maximum atomic E-state index is 11.5. The molecule has 1 rings (SSSR count). The van der Waals surface area contributed by atoms with E-state index in [0.717, 1.165) is 13.1 Å². The summed E-state index contributed by atoms with van der Waals surface area (Å²) < 4.78 is 0.554. The largest absolute Gasteiger partial charge is 0.338 e. The van der Waals surface area contributed by atoms with Gasteiger partial charge in [0.05, 0.1) is 4.43 Å². The molecule has 0 spiro atoms. The zero-order valence-corrected chi connectivity index (χ0v) is 10.4. The molecular weight excluding hydrogens is 289 g/mol. The van der Waals surface area contributed by atoms with Gasteiger partial charge in [-0.3, -0.25) is 4.79 Å². The highest BCUT2D eigenvalue weighted by atomic mass is 127. The summed E-state index contributed by atoms with van der Waals surface area (Å²) in [6, 6.07) is 10.1. The van der Waals surface area contributed by atoms with Gasteiger partial charge in [-0.1, -0.05) is 52.9 Å². The number of alkyl halides is 1. The third kappa shape index (κ3) is 3.29. The fourth-order valence-electron chi connectivity index (χ4n) is 1.26. The van der Waals surface area contributed by atoms with Crippen molar-refractivity contribution in [3.05, 3.63) is 35.9 Å². The van der Waals surface area contributed by atoms with Crippen LogP contribution >= 0.6 is 22.6 Å². The average molecular weight is 303 g/mol. The van der Waals surface area contributed by atoms with Gasteiger partial charge >= 0.3 is 0 Å². The van der Waals surface area contributed by atoms with Crippen molar-refractivity contribution in [2.24, 2.45) is 0 Å². The summed E-state index contributed by atoms with van der Waals surface area (Å²) in [5, 5.41) is 0. The van der Waals surface area contributed by atoms with E-state index in [1.165, 1.54) is 5.56 Å². The van der Waals surface area contributed by atoms with Gasteiger partial charge in [-0.05, 0) is 12.5 Å². The zero-order chi connectivity index (χ0) is 10.4. The van der Waals surface area contributed by atoms with Crippen LogP contribution < -0.4 is 0 Å². The number of rotatable bonds is 4. The molecule has 1 aromatic carbocycles. The van der Waals surface area contributed by atoms with E-state index in [4.69, 9.17) is 0 Å². The summed E-state index contributed by atoms with van der Waals surface area (Å²) in [5.41, 5.74) is 1.19. The van der Waals surface area contributed by atoms with Gasteiger partial charge in [-0.15, -0.1) is 0 Å². The summed E-state index contributed by atoms with van der Waals surface area (Å²) in [4.78, 5) is 13.3. The van der Waals surface area contributed by atoms with Crippen molar-refractivity contribution in [1.82, 2.24) is 4.90 Å². The first-order valence-corrected chi connectivity index (χ1v) is 6.18. The Morgan fingerprint density at radius 2 is 2.00 bits per heavy atom. The third-order valence-corrected chi connectivity index (χ3v) is 2.72. The van der Waals surface area contributed by atoms with Crippen LogP contribution in [0.1, 0.15) is 12.5 Å². The molecule has 0 aliphatic rings. The highest BCUT2D eigenvalue weighted by Gasteiger charge is 2.09. The fraction of sp³-hybridized carbons (Fsp3) is 0.364. The Bertz CT molecular complexity index is 287. The van der Waals surface area contributed by atoms with Crippen LogP contribution in [0.2, 0.25) is 0 Å². The smallest absolute Gasteiger partial charge is 0.232 e. The SMILES string of the molecule is CCN(Cc1ccccc1)C(=O)CI. The molecule has 0 heterocycles. The Morgan fingerprint density at radius 3 is 2.50 bits per heavy atom. The van der Waals surface area contributed by atoms with Gasteiger partial charge in [0.15, 0.2) is 0 Å². The molecule has 0 bridgehead atoms. The molecule has 0 unspecified atom stereocenters. The van der Waals surface area contributed by atoms with Crippen LogP contribution in [0.3, 0.4) is 0 Å². The summed E-state index contributed by atoms with van der Waals surface area (Å²) in [7, 11) is 0. The van der Waals surface area contributed by atoms with E-state index in [0.29, 0.717) is 4.43 Å². The number of carbonyl (C=O) groups is 1. The first-order valence-electron chi connectivity index (χ1n) is 4.65. The number of nitrogens with zero attached hydrogens (tertiary/aromatic N) is 1. The first-order chi connectivity index (χ1) is 6.77. The maximum Gasteiger partial charge on any atom is 0.232 e. The van der Waals surface area contributed by atoms with Crippen LogP contribution in [0.4, 0.5) is 0 Å². The highest BCUT2D eigenvalue weighted by molar-refractivity contribution is 14.1. The second kappa shape index (κ2) is 6.01. The van der Waals surface area contributed by atoms with Crippen LogP contribution in [0, 0.1) is 0 Å². The maximum absolute atomic E-state index is 11.5. The van der Waals surface area contributed by atoms with E-state index in [1.807, 2.05) is 42.2 Å². The number of benzene rings is 1. The van der Waals surface area contributed by atoms with Crippen LogP contribution in [-0.4, -0.2) is 21.8 Å². The predicted octanol–water partition coefficient (Wildman–Crippen LogP) is 2.47. The Balaban J connectivity index is 2.62. The Kier molecular flexibility index (Phi) is 4.93. The van der Waals surface area contributed by atoms with Crippen molar-refractivity contribution >= 4 is 28.5 Å². The first kappa shape index (κ1) is 11.5. The van der Waals surface area contributed by atoms with Gasteiger partial charge in [0.1, 0.15) is 0 Å². The van der Waals surface area contributed by atoms with Gasteiger partial charge in [0.25, 0.3) is 0 Å². The minimum atomic E-state index is 0.206. The summed E-state index contributed by atoms with van der Waals surface area (Å²) in [6.45, 7) is 3.50. The van der Waals surface area contributed by atoms with Crippen LogP contribution in [0.5, 0.6) is 0 Å². The van der Waals surface area contributed by atoms with E-state index >= 15 is 0 Å². The number of carbonyl (C=O) groups excluding carboxylic acids is 1. The van der Waals surface area contributed by atoms with E-state index in [-0.39, 0.29) is 5.91 Å². The number of amides is 1. The normalized spacial score (nSPS) is 9.86. The molecule has 0 radical (unpaired) electrons. The second-order valence-corrected chi connectivity index (χ2v) is 3.79. The summed E-state index contributed by atoms with van der Waals surface area (Å²) >= 11 is 2.10. The molecule has 1 amide bonds. The van der Waals surface area contributed by atoms with E-state index < -0.39 is 0 Å². The van der Waals surface area contributed by atoms with E-state index in [1.54, 1.807) is 0 Å². The molecule has 0 atom stereocenters. The fourth-order valence-corrected chi connectivity index (χ4v) is 1.75. The predicted molar refractivity (Wildman–Crippen MR) is 66.4 cm³/mol. The van der Waals surface area contributed by atoms with Crippen LogP contribution in [-0.2, 0) is 11.3 Å². The second-order valence-electron chi connectivity index (χ2n) is 3.03. The number of hydrogen-bond acceptors (Lipinski definition) is 1. The van der Waals surface area contributed by atoms with E-state index in [9.17, 15) is 4.79 Å². The van der Waals surface area contributed by atoms with Crippen molar-refractivity contribution in [3.8, 4) is 0 Å². The van der Waals surface area contributed by atoms with Gasteiger partial charge in [0.2, 0.25) is 5.91 Å². The third-order valence-electron chi connectivity index (χ3n) is 2.07.